The summed E-state index contributed by atoms with van der Waals surface area (Å²) in [5, 5.41) is 4.35. The third kappa shape index (κ3) is 4.10. The summed E-state index contributed by atoms with van der Waals surface area (Å²) in [6.45, 7) is 3.72. The van der Waals surface area contributed by atoms with Gasteiger partial charge in [0, 0.05) is 23.9 Å². The highest BCUT2D eigenvalue weighted by Gasteiger charge is 2.35. The predicted molar refractivity (Wildman–Crippen MR) is 109 cm³/mol. The van der Waals surface area contributed by atoms with Crippen LogP contribution in [0.5, 0.6) is 0 Å². The molecule has 1 aliphatic carbocycles. The molecule has 31 heavy (non-hydrogen) atoms. The molecule has 1 fully saturated rings. The number of nitrogens with one attached hydrogen (secondary N) is 1. The van der Waals surface area contributed by atoms with Crippen molar-refractivity contribution in [3.05, 3.63) is 57.3 Å². The van der Waals surface area contributed by atoms with Crippen LogP contribution < -0.4 is 5.56 Å². The second kappa shape index (κ2) is 7.18. The Morgan fingerprint density at radius 2 is 1.97 bits per heavy atom. The summed E-state index contributed by atoms with van der Waals surface area (Å²) in [7, 11) is -3.56. The second-order valence-corrected chi connectivity index (χ2v) is 10.4. The fraction of sp³-hybridized carbons (Fsp3) is 0.450. The second-order valence-electron chi connectivity index (χ2n) is 8.30. The molecule has 0 bridgehead atoms. The molecule has 1 N–H and O–H groups in total. The number of fused-ring (bicyclic) bond motifs is 1. The predicted octanol–water partition coefficient (Wildman–Crippen LogP) is 3.99. The Kier molecular flexibility index (Phi) is 4.99. The van der Waals surface area contributed by atoms with E-state index < -0.39 is 26.4 Å². The van der Waals surface area contributed by atoms with Gasteiger partial charge in [0.05, 0.1) is 26.7 Å². The average molecular weight is 453 g/mol. The number of benzene rings is 1. The van der Waals surface area contributed by atoms with Crippen LogP contribution in [-0.2, 0) is 22.5 Å². The van der Waals surface area contributed by atoms with E-state index in [1.54, 1.807) is 10.8 Å². The Bertz CT molecular complexity index is 1340. The molecule has 0 amide bonds. The lowest BCUT2D eigenvalue weighted by atomic mass is 10.1. The van der Waals surface area contributed by atoms with Crippen molar-refractivity contribution < 1.29 is 17.4 Å². The summed E-state index contributed by atoms with van der Waals surface area (Å²) in [6, 6.07) is 3.43. The number of nitrogens with zero attached hydrogens (tertiary/aromatic N) is 4. The van der Waals surface area contributed by atoms with Gasteiger partial charge in [-0.3, -0.25) is 4.79 Å². The molecule has 1 saturated carbocycles. The van der Waals surface area contributed by atoms with E-state index in [1.807, 2.05) is 13.8 Å². The fourth-order valence-corrected chi connectivity index (χ4v) is 4.43. The van der Waals surface area contributed by atoms with Gasteiger partial charge in [0.2, 0.25) is 5.78 Å². The molecule has 4 rings (SSSR count). The van der Waals surface area contributed by atoms with Crippen LogP contribution in [0.15, 0.2) is 34.1 Å². The molecule has 1 aromatic carbocycles. The Morgan fingerprint density at radius 1 is 1.29 bits per heavy atom. The minimum absolute atomic E-state index is 0.0125. The van der Waals surface area contributed by atoms with E-state index >= 15 is 0 Å². The largest absolute Gasteiger partial charge is 0.417 e. The lowest BCUT2D eigenvalue weighted by Gasteiger charge is -2.16. The highest BCUT2D eigenvalue weighted by atomic mass is 32.2. The van der Waals surface area contributed by atoms with E-state index in [0.29, 0.717) is 11.4 Å². The summed E-state index contributed by atoms with van der Waals surface area (Å²) >= 11 is 0. The van der Waals surface area contributed by atoms with Gasteiger partial charge in [-0.2, -0.15) is 22.7 Å². The minimum atomic E-state index is -4.75. The van der Waals surface area contributed by atoms with E-state index in [4.69, 9.17) is 4.78 Å². The topological polar surface area (TPSA) is 93.1 Å². The molecule has 166 valence electrons. The van der Waals surface area contributed by atoms with Crippen molar-refractivity contribution in [3.63, 3.8) is 0 Å². The van der Waals surface area contributed by atoms with E-state index in [2.05, 4.69) is 10.1 Å². The molecule has 11 heteroatoms. The molecule has 0 radical (unpaired) electrons. The van der Waals surface area contributed by atoms with Crippen LogP contribution in [0, 0.1) is 4.78 Å². The number of hydrogen-bond acceptors (Lipinski definition) is 5. The Morgan fingerprint density at radius 3 is 2.52 bits per heavy atom. The zero-order chi connectivity index (χ0) is 22.7. The molecule has 2 aromatic heterocycles. The smallest absolute Gasteiger partial charge is 0.312 e. The van der Waals surface area contributed by atoms with Crippen LogP contribution in [0.1, 0.15) is 61.0 Å². The monoisotopic (exact) mass is 453 g/mol. The molecular formula is C20H22F3N5O2S. The van der Waals surface area contributed by atoms with E-state index in [0.717, 1.165) is 31.2 Å². The van der Waals surface area contributed by atoms with Crippen molar-refractivity contribution in [1.82, 2.24) is 19.2 Å². The molecule has 1 aliphatic rings. The fourth-order valence-electron chi connectivity index (χ4n) is 3.50. The van der Waals surface area contributed by atoms with Crippen molar-refractivity contribution in [1.29, 1.82) is 4.78 Å². The van der Waals surface area contributed by atoms with Gasteiger partial charge in [-0.25, -0.2) is 8.99 Å². The first-order valence-electron chi connectivity index (χ1n) is 9.80. The molecule has 0 saturated heterocycles. The number of hydrogen-bond donors (Lipinski definition) is 1. The Balaban J connectivity index is 1.86. The number of aromatic nitrogens is 4. The van der Waals surface area contributed by atoms with Gasteiger partial charge < -0.3 is 4.57 Å². The Labute approximate surface area is 176 Å². The molecule has 7 nitrogen and oxygen atoms in total. The van der Waals surface area contributed by atoms with Crippen LogP contribution in [0.2, 0.25) is 0 Å². The number of rotatable bonds is 5. The van der Waals surface area contributed by atoms with Crippen LogP contribution in [0.25, 0.3) is 5.78 Å². The molecule has 2 heterocycles. The first-order valence-corrected chi connectivity index (χ1v) is 11.8. The third-order valence-corrected chi connectivity index (χ3v) is 6.48. The van der Waals surface area contributed by atoms with Crippen molar-refractivity contribution in [2.24, 2.45) is 0 Å². The zero-order valence-corrected chi connectivity index (χ0v) is 18.0. The molecule has 0 spiro atoms. The van der Waals surface area contributed by atoms with E-state index in [-0.39, 0.29) is 35.3 Å². The maximum absolute atomic E-state index is 13.6. The zero-order valence-electron chi connectivity index (χ0n) is 17.2. The van der Waals surface area contributed by atoms with Crippen molar-refractivity contribution in [3.8, 4) is 0 Å². The molecule has 1 atom stereocenters. The van der Waals surface area contributed by atoms with Crippen molar-refractivity contribution in [2.75, 3.05) is 6.26 Å². The lowest BCUT2D eigenvalue weighted by Crippen LogP contribution is -2.24. The lowest BCUT2D eigenvalue weighted by molar-refractivity contribution is -0.139. The first kappa shape index (κ1) is 21.5. The van der Waals surface area contributed by atoms with Crippen LogP contribution in [-0.4, -0.2) is 29.6 Å². The normalized spacial score (nSPS) is 16.7. The maximum Gasteiger partial charge on any atom is 0.417 e. The molecule has 3 aromatic rings. The van der Waals surface area contributed by atoms with Gasteiger partial charge in [0.25, 0.3) is 5.56 Å². The van der Waals surface area contributed by atoms with Crippen LogP contribution in [0.4, 0.5) is 13.2 Å². The van der Waals surface area contributed by atoms with E-state index in [9.17, 15) is 22.2 Å². The molecule has 0 unspecified atom stereocenters. The van der Waals surface area contributed by atoms with Crippen LogP contribution >= 0.6 is 0 Å². The van der Waals surface area contributed by atoms with Gasteiger partial charge in [-0.05, 0) is 36.5 Å². The van der Waals surface area contributed by atoms with Gasteiger partial charge in [-0.15, -0.1) is 5.10 Å². The first-order chi connectivity index (χ1) is 14.4. The molecular weight excluding hydrogens is 431 g/mol. The summed E-state index contributed by atoms with van der Waals surface area (Å²) < 4.78 is 63.3. The minimum Gasteiger partial charge on any atom is -0.312 e. The SMILES string of the molecule is CC(C)c1cn(Cc2ccc([S@](C)(=N)=O)c(C(F)(F)F)c2)c2nc(C3CC3)nn2c1=O. The summed E-state index contributed by atoms with van der Waals surface area (Å²) in [5.74, 6) is 0.936. The van der Waals surface area contributed by atoms with Gasteiger partial charge in [-0.1, -0.05) is 19.9 Å². The summed E-state index contributed by atoms with van der Waals surface area (Å²) in [4.78, 5) is 16.7. The van der Waals surface area contributed by atoms with Gasteiger partial charge >= 0.3 is 6.18 Å². The quantitative estimate of drug-likeness (QED) is 0.632. The van der Waals surface area contributed by atoms with E-state index in [1.165, 1.54) is 10.6 Å². The van der Waals surface area contributed by atoms with Crippen LogP contribution in [0.3, 0.4) is 0 Å². The third-order valence-electron chi connectivity index (χ3n) is 5.28. The van der Waals surface area contributed by atoms with Crippen molar-refractivity contribution >= 4 is 15.5 Å². The van der Waals surface area contributed by atoms with Gasteiger partial charge in [0.1, 0.15) is 0 Å². The van der Waals surface area contributed by atoms with Gasteiger partial charge in [0.15, 0.2) is 5.82 Å². The number of halogens is 3. The Hall–Kier alpha value is -2.69. The summed E-state index contributed by atoms with van der Waals surface area (Å²) in [5.41, 5.74) is -0.605. The molecule has 0 aliphatic heterocycles. The average Bonchev–Trinajstić information content (AvgIpc) is 3.40. The maximum atomic E-state index is 13.6. The highest BCUT2D eigenvalue weighted by Crippen LogP contribution is 2.38. The summed E-state index contributed by atoms with van der Waals surface area (Å²) in [6.07, 6.45) is -0.278. The van der Waals surface area contributed by atoms with Crippen molar-refractivity contribution in [2.45, 2.75) is 56.1 Å². The number of alkyl halides is 3. The standard InChI is InChI=1S/C20H22F3N5O2S/c1-11(2)14-10-27(19-25-17(13-5-6-13)26-28(19)18(14)29)9-12-4-7-16(31(3,24)30)15(8-12)20(21,22)23/h4,7-8,10-11,13,24H,5-6,9H2,1-3H3/t31-/m1/s1. The highest BCUT2D eigenvalue weighted by molar-refractivity contribution is 7.91.